The maximum atomic E-state index is 13.4. The lowest BCUT2D eigenvalue weighted by molar-refractivity contribution is -0.138. The number of hydrogen-bond donors (Lipinski definition) is 1. The molecule has 1 N–H and O–H groups in total. The van der Waals surface area contributed by atoms with Gasteiger partial charge in [-0.05, 0) is 23.8 Å². The summed E-state index contributed by atoms with van der Waals surface area (Å²) >= 11 is 6.05. The zero-order valence-electron chi connectivity index (χ0n) is 14.7. The number of methoxy groups -OCH3 is 1. The van der Waals surface area contributed by atoms with Crippen molar-refractivity contribution in [3.63, 3.8) is 0 Å². The van der Waals surface area contributed by atoms with Crippen LogP contribution in [0.15, 0.2) is 46.0 Å². The molecule has 0 aliphatic carbocycles. The van der Waals surface area contributed by atoms with Crippen LogP contribution in [0.2, 0.25) is 0 Å². The summed E-state index contributed by atoms with van der Waals surface area (Å²) in [5, 5.41) is 3.09. The molecular weight excluding hydrogens is 425 g/mol. The fourth-order valence-electron chi connectivity index (χ4n) is 2.91. The number of rotatable bonds is 3. The largest absolute Gasteiger partial charge is 0.496 e. The molecule has 1 aromatic carbocycles. The molecule has 3 heterocycles. The fraction of sp³-hybridized carbons (Fsp3) is 0.105. The molecule has 10 heteroatoms. The Hall–Kier alpha value is -2.85. The molecule has 0 saturated carbocycles. The molecule has 29 heavy (non-hydrogen) atoms. The van der Waals surface area contributed by atoms with Gasteiger partial charge in [-0.3, -0.25) is 9.78 Å². The average molecular weight is 436 g/mol. The van der Waals surface area contributed by atoms with Crippen molar-refractivity contribution in [1.82, 2.24) is 10.3 Å². The molecule has 1 amide bonds. The molecular formula is C19H11F3N2O3S2. The van der Waals surface area contributed by atoms with Gasteiger partial charge in [-0.2, -0.15) is 13.2 Å². The van der Waals surface area contributed by atoms with E-state index in [0.29, 0.717) is 31.5 Å². The summed E-state index contributed by atoms with van der Waals surface area (Å²) in [7, 11) is 1.18. The van der Waals surface area contributed by atoms with Crippen LogP contribution in [-0.4, -0.2) is 22.3 Å². The van der Waals surface area contributed by atoms with Gasteiger partial charge in [0.25, 0.3) is 5.91 Å². The van der Waals surface area contributed by atoms with Crippen molar-refractivity contribution in [2.75, 3.05) is 7.11 Å². The second kappa shape index (κ2) is 7.20. The lowest BCUT2D eigenvalue weighted by atomic mass is 10.0. The molecule has 148 valence electrons. The highest BCUT2D eigenvalue weighted by Crippen LogP contribution is 2.40. The number of halogens is 3. The Morgan fingerprint density at radius 2 is 2.07 bits per heavy atom. The van der Waals surface area contributed by atoms with Crippen LogP contribution in [0, 0.1) is 0 Å². The van der Waals surface area contributed by atoms with E-state index in [1.54, 1.807) is 6.07 Å². The topological polar surface area (TPSA) is 64.4 Å². The predicted octanol–water partition coefficient (Wildman–Crippen LogP) is 5.01. The number of aromatic nitrogens is 1. The number of nitrogens with one attached hydrogen (secondary N) is 1. The zero-order chi connectivity index (χ0) is 20.8. The number of pyridine rings is 1. The maximum absolute atomic E-state index is 13.4. The van der Waals surface area contributed by atoms with E-state index < -0.39 is 11.7 Å². The molecule has 0 unspecified atom stereocenters. The first-order valence-electron chi connectivity index (χ1n) is 8.14. The van der Waals surface area contributed by atoms with Crippen LogP contribution in [0.25, 0.3) is 28.2 Å². The van der Waals surface area contributed by atoms with E-state index in [2.05, 4.69) is 10.3 Å². The Bertz CT molecular complexity index is 1190. The maximum Gasteiger partial charge on any atom is 0.419 e. The first-order valence-corrected chi connectivity index (χ1v) is 9.37. The third-order valence-electron chi connectivity index (χ3n) is 4.17. The van der Waals surface area contributed by atoms with Gasteiger partial charge in [0.1, 0.15) is 21.4 Å². The summed E-state index contributed by atoms with van der Waals surface area (Å²) in [4.78, 5) is 16.3. The predicted molar refractivity (Wildman–Crippen MR) is 107 cm³/mol. The van der Waals surface area contributed by atoms with Gasteiger partial charge in [-0.25, -0.2) is 0 Å². The quantitative estimate of drug-likeness (QED) is 0.460. The van der Waals surface area contributed by atoms with Gasteiger partial charge < -0.3 is 14.5 Å². The van der Waals surface area contributed by atoms with Crippen molar-refractivity contribution in [1.29, 1.82) is 0 Å². The number of ether oxygens (including phenoxy) is 1. The van der Waals surface area contributed by atoms with Crippen molar-refractivity contribution in [3.05, 3.63) is 52.9 Å². The summed E-state index contributed by atoms with van der Waals surface area (Å²) in [6.07, 6.45) is -0.0902. The van der Waals surface area contributed by atoms with E-state index in [4.69, 9.17) is 21.4 Å². The first-order chi connectivity index (χ1) is 13.8. The molecule has 4 rings (SSSR count). The van der Waals surface area contributed by atoms with Gasteiger partial charge in [0, 0.05) is 29.4 Å². The second-order valence-electron chi connectivity index (χ2n) is 6.02. The Balaban J connectivity index is 1.82. The number of alkyl halides is 3. The molecule has 2 aromatic heterocycles. The van der Waals surface area contributed by atoms with Crippen molar-refractivity contribution >= 4 is 51.3 Å². The highest BCUT2D eigenvalue weighted by atomic mass is 32.2. The van der Waals surface area contributed by atoms with Crippen molar-refractivity contribution in [2.24, 2.45) is 0 Å². The van der Waals surface area contributed by atoms with E-state index in [-0.39, 0.29) is 17.2 Å². The molecule has 1 aliphatic heterocycles. The first kappa shape index (κ1) is 19.5. The third-order valence-corrected chi connectivity index (χ3v) is 5.34. The standard InChI is InChI=1S/C19H11F3N2O3S2/c1-26-14-3-2-9(5-13(14)19(20,21)22)12-8-23-7-10-4-11(27-16(10)12)6-15-17(25)24-18(28)29-15/h2-8H,1H3,(H,24,25,28)/b15-6+. The second-order valence-corrected chi connectivity index (χ2v) is 7.74. The highest BCUT2D eigenvalue weighted by molar-refractivity contribution is 8.26. The van der Waals surface area contributed by atoms with Gasteiger partial charge >= 0.3 is 6.18 Å². The molecule has 1 aliphatic rings. The van der Waals surface area contributed by atoms with Crippen molar-refractivity contribution in [3.8, 4) is 16.9 Å². The lowest BCUT2D eigenvalue weighted by Gasteiger charge is -2.13. The van der Waals surface area contributed by atoms with E-state index >= 15 is 0 Å². The van der Waals surface area contributed by atoms with Crippen molar-refractivity contribution in [2.45, 2.75) is 6.18 Å². The molecule has 3 aromatic rings. The minimum atomic E-state index is -4.58. The van der Waals surface area contributed by atoms with E-state index in [1.807, 2.05) is 0 Å². The number of thiocarbonyl (C=S) groups is 1. The number of hydrogen-bond acceptors (Lipinski definition) is 6. The van der Waals surface area contributed by atoms with Crippen LogP contribution in [0.3, 0.4) is 0 Å². The van der Waals surface area contributed by atoms with Crippen LogP contribution in [0.1, 0.15) is 11.3 Å². The smallest absolute Gasteiger partial charge is 0.419 e. The van der Waals surface area contributed by atoms with Gasteiger partial charge in [-0.15, -0.1) is 0 Å². The Morgan fingerprint density at radius 3 is 2.72 bits per heavy atom. The summed E-state index contributed by atoms with van der Waals surface area (Å²) in [6.45, 7) is 0. The number of amides is 1. The SMILES string of the molecule is COc1ccc(-c2cncc3cc(/C=C4/SC(=S)NC4=O)oc23)cc1C(F)(F)F. The van der Waals surface area contributed by atoms with Crippen LogP contribution in [0.4, 0.5) is 13.2 Å². The van der Waals surface area contributed by atoms with Crippen molar-refractivity contribution < 1.29 is 27.1 Å². The Labute approximate surface area is 171 Å². The number of benzene rings is 1. The zero-order valence-corrected chi connectivity index (χ0v) is 16.3. The molecule has 0 bridgehead atoms. The average Bonchev–Trinajstić information content (AvgIpc) is 3.22. The lowest BCUT2D eigenvalue weighted by Crippen LogP contribution is -2.17. The fourth-order valence-corrected chi connectivity index (χ4v) is 3.93. The number of furan rings is 1. The molecule has 5 nitrogen and oxygen atoms in total. The normalized spacial score (nSPS) is 15.9. The van der Waals surface area contributed by atoms with E-state index in [0.717, 1.165) is 17.8 Å². The van der Waals surface area contributed by atoms with Gasteiger partial charge in [0.05, 0.1) is 17.6 Å². The number of carbonyl (C=O) groups excluding carboxylic acids is 1. The molecule has 1 saturated heterocycles. The van der Waals surface area contributed by atoms with Gasteiger partial charge in [0.2, 0.25) is 0 Å². The van der Waals surface area contributed by atoms with Crippen LogP contribution in [0.5, 0.6) is 5.75 Å². The summed E-state index contributed by atoms with van der Waals surface area (Å²) in [5.41, 5.74) is 0.130. The van der Waals surface area contributed by atoms with Crippen LogP contribution >= 0.6 is 24.0 Å². The molecule has 1 fully saturated rings. The van der Waals surface area contributed by atoms with E-state index in [9.17, 15) is 18.0 Å². The molecule has 0 atom stereocenters. The number of fused-ring (bicyclic) bond motifs is 1. The van der Waals surface area contributed by atoms with Crippen LogP contribution in [-0.2, 0) is 11.0 Å². The Morgan fingerprint density at radius 1 is 1.28 bits per heavy atom. The monoisotopic (exact) mass is 436 g/mol. The van der Waals surface area contributed by atoms with Crippen LogP contribution < -0.4 is 10.1 Å². The molecule has 0 radical (unpaired) electrons. The summed E-state index contributed by atoms with van der Waals surface area (Å²) < 4.78 is 51.1. The third kappa shape index (κ3) is 3.73. The highest BCUT2D eigenvalue weighted by Gasteiger charge is 2.34. The number of thioether (sulfide) groups is 1. The van der Waals surface area contributed by atoms with E-state index in [1.165, 1.54) is 37.7 Å². The summed E-state index contributed by atoms with van der Waals surface area (Å²) in [6, 6.07) is 5.41. The van der Waals surface area contributed by atoms with Gasteiger partial charge in [-0.1, -0.05) is 30.0 Å². The Kier molecular flexibility index (Phi) is 4.83. The summed E-state index contributed by atoms with van der Waals surface area (Å²) in [5.74, 6) is -0.239. The minimum absolute atomic E-state index is 0.272. The number of nitrogens with zero attached hydrogens (tertiary/aromatic N) is 1. The minimum Gasteiger partial charge on any atom is -0.496 e. The van der Waals surface area contributed by atoms with Gasteiger partial charge in [0.15, 0.2) is 0 Å². The number of carbonyl (C=O) groups is 1. The molecule has 0 spiro atoms.